The molecule has 0 aromatic heterocycles. The number of nitrogens with zero attached hydrogens (tertiary/aromatic N) is 1. The van der Waals surface area contributed by atoms with Crippen LogP contribution in [0.25, 0.3) is 10.8 Å². The quantitative estimate of drug-likeness (QED) is 0.538. The number of hydrogen-bond donors (Lipinski definition) is 1. The Labute approximate surface area is 149 Å². The summed E-state index contributed by atoms with van der Waals surface area (Å²) in [5.74, 6) is 0.441. The summed E-state index contributed by atoms with van der Waals surface area (Å²) in [6.45, 7) is -0.232. The van der Waals surface area contributed by atoms with Gasteiger partial charge in [-0.25, -0.2) is 0 Å². The predicted octanol–water partition coefficient (Wildman–Crippen LogP) is 3.77. The standard InChI is InChI=1S/C19H16N2O5/c1-25-18-9-7-15(21(23)24)11-17(18)20-19(22)12-26-16-8-6-13-4-2-3-5-14(13)10-16/h2-11H,12H2,1H3,(H,20,22). The van der Waals surface area contributed by atoms with E-state index in [9.17, 15) is 14.9 Å². The van der Waals surface area contributed by atoms with E-state index in [1.165, 1.54) is 25.3 Å². The molecule has 0 fully saturated rings. The SMILES string of the molecule is COc1ccc([N+](=O)[O-])cc1NC(=O)COc1ccc2ccccc2c1. The molecule has 1 amide bonds. The van der Waals surface area contributed by atoms with Crippen molar-refractivity contribution < 1.29 is 19.2 Å². The molecule has 7 heteroatoms. The third-order valence-corrected chi connectivity index (χ3v) is 3.76. The molecule has 0 aliphatic rings. The second-order valence-electron chi connectivity index (χ2n) is 5.49. The lowest BCUT2D eigenvalue weighted by Crippen LogP contribution is -2.20. The molecule has 0 aliphatic heterocycles. The fraction of sp³-hybridized carbons (Fsp3) is 0.105. The Morgan fingerprint density at radius 3 is 2.58 bits per heavy atom. The zero-order chi connectivity index (χ0) is 18.5. The molecule has 0 atom stereocenters. The van der Waals surface area contributed by atoms with Crippen molar-refractivity contribution in [2.24, 2.45) is 0 Å². The van der Waals surface area contributed by atoms with Crippen LogP contribution < -0.4 is 14.8 Å². The van der Waals surface area contributed by atoms with Gasteiger partial charge in [-0.2, -0.15) is 0 Å². The van der Waals surface area contributed by atoms with Gasteiger partial charge >= 0.3 is 0 Å². The molecule has 3 aromatic rings. The molecule has 0 saturated heterocycles. The van der Waals surface area contributed by atoms with E-state index >= 15 is 0 Å². The van der Waals surface area contributed by atoms with Crippen LogP contribution in [0.15, 0.2) is 60.7 Å². The molecule has 0 aliphatic carbocycles. The van der Waals surface area contributed by atoms with E-state index in [4.69, 9.17) is 9.47 Å². The van der Waals surface area contributed by atoms with Gasteiger partial charge < -0.3 is 14.8 Å². The molecule has 0 radical (unpaired) electrons. The van der Waals surface area contributed by atoms with Crippen molar-refractivity contribution in [2.45, 2.75) is 0 Å². The lowest BCUT2D eigenvalue weighted by atomic mass is 10.1. The number of nitrogens with one attached hydrogen (secondary N) is 1. The third-order valence-electron chi connectivity index (χ3n) is 3.76. The largest absolute Gasteiger partial charge is 0.495 e. The van der Waals surface area contributed by atoms with Gasteiger partial charge in [-0.3, -0.25) is 14.9 Å². The summed E-state index contributed by atoms with van der Waals surface area (Å²) < 4.78 is 10.6. The maximum absolute atomic E-state index is 12.1. The number of anilines is 1. The first-order valence-corrected chi connectivity index (χ1v) is 7.81. The number of amides is 1. The molecule has 7 nitrogen and oxygen atoms in total. The van der Waals surface area contributed by atoms with Crippen LogP contribution in [0, 0.1) is 10.1 Å². The van der Waals surface area contributed by atoms with Crippen molar-refractivity contribution in [3.8, 4) is 11.5 Å². The molecule has 0 spiro atoms. The molecule has 0 unspecified atom stereocenters. The van der Waals surface area contributed by atoms with Crippen LogP contribution in [-0.4, -0.2) is 24.5 Å². The van der Waals surface area contributed by atoms with Crippen molar-refractivity contribution in [1.82, 2.24) is 0 Å². The Morgan fingerprint density at radius 1 is 1.08 bits per heavy atom. The van der Waals surface area contributed by atoms with Crippen LogP contribution in [0.1, 0.15) is 0 Å². The van der Waals surface area contributed by atoms with Crippen LogP contribution in [0.2, 0.25) is 0 Å². The number of hydrogen-bond acceptors (Lipinski definition) is 5. The maximum atomic E-state index is 12.1. The van der Waals surface area contributed by atoms with E-state index in [-0.39, 0.29) is 18.0 Å². The zero-order valence-electron chi connectivity index (χ0n) is 14.0. The second kappa shape index (κ2) is 7.52. The third kappa shape index (κ3) is 3.89. The minimum absolute atomic E-state index is 0.142. The van der Waals surface area contributed by atoms with Gasteiger partial charge in [-0.15, -0.1) is 0 Å². The molecular formula is C19H16N2O5. The van der Waals surface area contributed by atoms with Crippen molar-refractivity contribution in [2.75, 3.05) is 19.0 Å². The normalized spacial score (nSPS) is 10.3. The van der Waals surface area contributed by atoms with Crippen LogP contribution >= 0.6 is 0 Å². The van der Waals surface area contributed by atoms with Gasteiger partial charge in [0.05, 0.1) is 17.7 Å². The molecule has 3 aromatic carbocycles. The Morgan fingerprint density at radius 2 is 1.85 bits per heavy atom. The lowest BCUT2D eigenvalue weighted by molar-refractivity contribution is -0.384. The smallest absolute Gasteiger partial charge is 0.271 e. The highest BCUT2D eigenvalue weighted by Gasteiger charge is 2.14. The highest BCUT2D eigenvalue weighted by molar-refractivity contribution is 5.94. The highest BCUT2D eigenvalue weighted by Crippen LogP contribution is 2.29. The molecule has 0 saturated carbocycles. The minimum atomic E-state index is -0.541. The highest BCUT2D eigenvalue weighted by atomic mass is 16.6. The molecule has 26 heavy (non-hydrogen) atoms. The van der Waals surface area contributed by atoms with Gasteiger partial charge in [0, 0.05) is 12.1 Å². The van der Waals surface area contributed by atoms with E-state index in [1.807, 2.05) is 36.4 Å². The number of nitro benzene ring substituents is 1. The van der Waals surface area contributed by atoms with Crippen LogP contribution in [0.4, 0.5) is 11.4 Å². The van der Waals surface area contributed by atoms with Gasteiger partial charge in [0.15, 0.2) is 6.61 Å². The first kappa shape index (κ1) is 17.2. The minimum Gasteiger partial charge on any atom is -0.495 e. The van der Waals surface area contributed by atoms with Crippen molar-refractivity contribution in [3.63, 3.8) is 0 Å². The molecule has 0 heterocycles. The summed E-state index contributed by atoms with van der Waals surface area (Å²) in [4.78, 5) is 22.5. The van der Waals surface area contributed by atoms with Crippen LogP contribution in [0.5, 0.6) is 11.5 Å². The number of rotatable bonds is 6. The Hall–Kier alpha value is -3.61. The molecule has 132 valence electrons. The summed E-state index contributed by atoms with van der Waals surface area (Å²) in [7, 11) is 1.42. The van der Waals surface area contributed by atoms with Gasteiger partial charge in [0.2, 0.25) is 0 Å². The first-order chi connectivity index (χ1) is 12.6. The molecule has 3 rings (SSSR count). The summed E-state index contributed by atoms with van der Waals surface area (Å²) in [6.07, 6.45) is 0. The number of methoxy groups -OCH3 is 1. The van der Waals surface area contributed by atoms with Crippen molar-refractivity contribution in [1.29, 1.82) is 0 Å². The fourth-order valence-corrected chi connectivity index (χ4v) is 2.50. The number of ether oxygens (including phenoxy) is 2. The molecular weight excluding hydrogens is 336 g/mol. The molecule has 1 N–H and O–H groups in total. The van der Waals surface area contributed by atoms with E-state index in [2.05, 4.69) is 5.32 Å². The Balaban J connectivity index is 1.68. The van der Waals surface area contributed by atoms with E-state index in [0.29, 0.717) is 11.5 Å². The van der Waals surface area contributed by atoms with Gasteiger partial charge in [-0.1, -0.05) is 30.3 Å². The van der Waals surface area contributed by atoms with Gasteiger partial charge in [-0.05, 0) is 29.0 Å². The number of fused-ring (bicyclic) bond motifs is 1. The maximum Gasteiger partial charge on any atom is 0.271 e. The predicted molar refractivity (Wildman–Crippen MR) is 97.7 cm³/mol. The summed E-state index contributed by atoms with van der Waals surface area (Å²) in [5.41, 5.74) is 0.0744. The van der Waals surface area contributed by atoms with Crippen molar-refractivity contribution >= 4 is 28.1 Å². The Kier molecular flexibility index (Phi) is 4.98. The number of carbonyl (C=O) groups is 1. The van der Waals surface area contributed by atoms with E-state index in [0.717, 1.165) is 10.8 Å². The average Bonchev–Trinajstić information content (AvgIpc) is 2.66. The number of nitro groups is 1. The fourth-order valence-electron chi connectivity index (χ4n) is 2.50. The number of benzene rings is 3. The van der Waals surface area contributed by atoms with Crippen LogP contribution in [-0.2, 0) is 4.79 Å². The summed E-state index contributed by atoms with van der Waals surface area (Å²) in [5, 5.41) is 15.5. The summed E-state index contributed by atoms with van der Waals surface area (Å²) >= 11 is 0. The van der Waals surface area contributed by atoms with E-state index in [1.54, 1.807) is 6.07 Å². The average molecular weight is 352 g/mol. The number of carbonyl (C=O) groups excluding carboxylic acids is 1. The zero-order valence-corrected chi connectivity index (χ0v) is 14.0. The number of non-ortho nitro benzene ring substituents is 1. The van der Waals surface area contributed by atoms with Gasteiger partial charge in [0.1, 0.15) is 11.5 Å². The summed E-state index contributed by atoms with van der Waals surface area (Å²) in [6, 6.07) is 17.3. The first-order valence-electron chi connectivity index (χ1n) is 7.81. The van der Waals surface area contributed by atoms with Crippen molar-refractivity contribution in [3.05, 3.63) is 70.8 Å². The van der Waals surface area contributed by atoms with E-state index < -0.39 is 10.8 Å². The monoisotopic (exact) mass is 352 g/mol. The Bertz CT molecular complexity index is 971. The van der Waals surface area contributed by atoms with Crippen LogP contribution in [0.3, 0.4) is 0 Å². The molecule has 0 bridgehead atoms. The van der Waals surface area contributed by atoms with Gasteiger partial charge in [0.25, 0.3) is 11.6 Å². The lowest BCUT2D eigenvalue weighted by Gasteiger charge is -2.11. The topological polar surface area (TPSA) is 90.7 Å². The second-order valence-corrected chi connectivity index (χ2v) is 5.49.